The van der Waals surface area contributed by atoms with Gasteiger partial charge in [-0.1, -0.05) is 68.5 Å². The van der Waals surface area contributed by atoms with Gasteiger partial charge in [-0.15, -0.1) is 0 Å². The molecular formula is C25H32N2O3S. The Morgan fingerprint density at radius 1 is 1.06 bits per heavy atom. The van der Waals surface area contributed by atoms with Crippen LogP contribution in [-0.4, -0.2) is 31.0 Å². The van der Waals surface area contributed by atoms with Gasteiger partial charge >= 0.3 is 0 Å². The molecule has 2 aromatic rings. The first-order chi connectivity index (χ1) is 14.7. The minimum atomic E-state index is -3.94. The summed E-state index contributed by atoms with van der Waals surface area (Å²) in [7, 11) is -3.94. The van der Waals surface area contributed by atoms with E-state index in [1.807, 2.05) is 36.4 Å². The standard InChI is InChI=1S/C25H32N2O3S/c1-20-15-16-21-12-7-8-13-22(21)24(20)25(2,3)23(14-6-4-5-9-17-26)27-18-10-11-19-31(28,29)30/h4-9,12-17H,10-11,18-19,26H2,1-3H3,(H,28,29,30)/b5-4+,14-6+,17-9+,27-23+. The lowest BCUT2D eigenvalue weighted by Gasteiger charge is -2.29. The first kappa shape index (κ1) is 24.6. The van der Waals surface area contributed by atoms with Crippen LogP contribution in [0.5, 0.6) is 0 Å². The highest BCUT2D eigenvalue weighted by Gasteiger charge is 2.29. The average molecular weight is 441 g/mol. The molecule has 0 bridgehead atoms. The van der Waals surface area contributed by atoms with Crippen molar-refractivity contribution in [3.05, 3.63) is 84.1 Å². The zero-order chi connectivity index (χ0) is 22.9. The number of fused-ring (bicyclic) bond motifs is 1. The Morgan fingerprint density at radius 2 is 1.77 bits per heavy atom. The van der Waals surface area contributed by atoms with Crippen LogP contribution in [0.4, 0.5) is 0 Å². The van der Waals surface area contributed by atoms with Crippen LogP contribution in [0.25, 0.3) is 10.8 Å². The molecule has 0 amide bonds. The minimum absolute atomic E-state index is 0.242. The fourth-order valence-corrected chi connectivity index (χ4v) is 4.30. The largest absolute Gasteiger partial charge is 0.405 e. The zero-order valence-corrected chi connectivity index (χ0v) is 19.3. The van der Waals surface area contributed by atoms with Gasteiger partial charge in [-0.2, -0.15) is 8.42 Å². The number of nitrogens with zero attached hydrogens (tertiary/aromatic N) is 1. The van der Waals surface area contributed by atoms with Gasteiger partial charge in [0.1, 0.15) is 0 Å². The lowest BCUT2D eigenvalue weighted by atomic mass is 9.75. The molecule has 0 saturated heterocycles. The van der Waals surface area contributed by atoms with E-state index in [0.717, 1.165) is 5.71 Å². The van der Waals surface area contributed by atoms with Crippen molar-refractivity contribution < 1.29 is 13.0 Å². The normalized spacial score (nSPS) is 13.9. The Labute approximate surface area is 185 Å². The summed E-state index contributed by atoms with van der Waals surface area (Å²) in [4.78, 5) is 4.83. The van der Waals surface area contributed by atoms with E-state index < -0.39 is 10.1 Å². The van der Waals surface area contributed by atoms with E-state index >= 15 is 0 Å². The molecule has 3 N–H and O–H groups in total. The molecule has 31 heavy (non-hydrogen) atoms. The summed E-state index contributed by atoms with van der Waals surface area (Å²) in [6.07, 6.45) is 11.8. The first-order valence-electron chi connectivity index (χ1n) is 10.4. The Balaban J connectivity index is 2.41. The minimum Gasteiger partial charge on any atom is -0.405 e. The fraction of sp³-hybridized carbons (Fsp3) is 0.320. The zero-order valence-electron chi connectivity index (χ0n) is 18.5. The molecule has 0 unspecified atom stereocenters. The summed E-state index contributed by atoms with van der Waals surface area (Å²) in [6.45, 7) is 6.91. The number of hydrogen-bond acceptors (Lipinski definition) is 4. The maximum absolute atomic E-state index is 10.9. The Kier molecular flexibility index (Phi) is 8.77. The van der Waals surface area contributed by atoms with Crippen molar-refractivity contribution in [3.8, 4) is 0 Å². The van der Waals surface area contributed by atoms with Crippen molar-refractivity contribution in [1.82, 2.24) is 0 Å². The highest BCUT2D eigenvalue weighted by Crippen LogP contribution is 2.35. The predicted molar refractivity (Wildman–Crippen MR) is 131 cm³/mol. The third kappa shape index (κ3) is 7.19. The van der Waals surface area contributed by atoms with Crippen molar-refractivity contribution in [1.29, 1.82) is 0 Å². The van der Waals surface area contributed by atoms with Crippen molar-refractivity contribution in [3.63, 3.8) is 0 Å². The molecule has 0 radical (unpaired) electrons. The summed E-state index contributed by atoms with van der Waals surface area (Å²) in [5.74, 6) is -0.242. The molecule has 0 atom stereocenters. The monoisotopic (exact) mass is 440 g/mol. The topological polar surface area (TPSA) is 92.8 Å². The van der Waals surface area contributed by atoms with Gasteiger partial charge in [-0.25, -0.2) is 0 Å². The van der Waals surface area contributed by atoms with Gasteiger partial charge < -0.3 is 5.73 Å². The molecule has 0 fully saturated rings. The van der Waals surface area contributed by atoms with Gasteiger partial charge in [0.15, 0.2) is 0 Å². The van der Waals surface area contributed by atoms with Crippen LogP contribution in [0.15, 0.2) is 78.0 Å². The third-order valence-electron chi connectivity index (χ3n) is 5.19. The Bertz CT molecular complexity index is 1110. The van der Waals surface area contributed by atoms with Crippen LogP contribution in [0.2, 0.25) is 0 Å². The average Bonchev–Trinajstić information content (AvgIpc) is 2.70. The van der Waals surface area contributed by atoms with Crippen LogP contribution in [0.3, 0.4) is 0 Å². The molecule has 0 heterocycles. The molecular weight excluding hydrogens is 408 g/mol. The number of aryl methyl sites for hydroxylation is 1. The Hall–Kier alpha value is -2.70. The number of nitrogens with two attached hydrogens (primary N) is 1. The number of benzene rings is 2. The summed E-state index contributed by atoms with van der Waals surface area (Å²) in [5, 5.41) is 2.38. The molecule has 6 heteroatoms. The number of rotatable bonds is 10. The highest BCUT2D eigenvalue weighted by atomic mass is 32.2. The van der Waals surface area contributed by atoms with Gasteiger partial charge in [0.2, 0.25) is 0 Å². The van der Waals surface area contributed by atoms with Gasteiger partial charge in [0.05, 0.1) is 5.75 Å². The fourth-order valence-electron chi connectivity index (χ4n) is 3.73. The molecule has 0 aliphatic carbocycles. The van der Waals surface area contributed by atoms with Gasteiger partial charge in [-0.3, -0.25) is 9.55 Å². The van der Waals surface area contributed by atoms with E-state index in [1.165, 1.54) is 28.1 Å². The maximum atomic E-state index is 10.9. The smallest absolute Gasteiger partial charge is 0.264 e. The van der Waals surface area contributed by atoms with Gasteiger partial charge in [0, 0.05) is 17.7 Å². The maximum Gasteiger partial charge on any atom is 0.264 e. The summed E-state index contributed by atoms with van der Waals surface area (Å²) in [6, 6.07) is 12.6. The molecule has 5 nitrogen and oxygen atoms in total. The first-order valence-corrected chi connectivity index (χ1v) is 12.0. The molecule has 166 valence electrons. The van der Waals surface area contributed by atoms with Crippen LogP contribution < -0.4 is 5.73 Å². The van der Waals surface area contributed by atoms with Crippen LogP contribution in [0.1, 0.15) is 37.8 Å². The van der Waals surface area contributed by atoms with Crippen molar-refractivity contribution >= 4 is 26.6 Å². The van der Waals surface area contributed by atoms with E-state index in [1.54, 1.807) is 6.08 Å². The second-order valence-corrected chi connectivity index (χ2v) is 9.56. The van der Waals surface area contributed by atoms with E-state index in [-0.39, 0.29) is 11.2 Å². The number of unbranched alkanes of at least 4 members (excludes halogenated alkanes) is 1. The number of hydrogen-bond donors (Lipinski definition) is 2. The molecule has 0 spiro atoms. The lowest BCUT2D eigenvalue weighted by Crippen LogP contribution is -2.29. The highest BCUT2D eigenvalue weighted by molar-refractivity contribution is 7.85. The Morgan fingerprint density at radius 3 is 2.48 bits per heavy atom. The van der Waals surface area contributed by atoms with Crippen molar-refractivity contribution in [2.75, 3.05) is 12.3 Å². The third-order valence-corrected chi connectivity index (χ3v) is 6.00. The molecule has 0 aliphatic rings. The van der Waals surface area contributed by atoms with Gasteiger partial charge in [0.25, 0.3) is 10.1 Å². The van der Waals surface area contributed by atoms with E-state index in [9.17, 15) is 8.42 Å². The molecule has 0 aliphatic heterocycles. The molecule has 2 aromatic carbocycles. The molecule has 0 saturated carbocycles. The second-order valence-electron chi connectivity index (χ2n) is 7.99. The van der Waals surface area contributed by atoms with Crippen molar-refractivity contribution in [2.45, 2.75) is 39.0 Å². The predicted octanol–water partition coefficient (Wildman–Crippen LogP) is 5.12. The summed E-state index contributed by atoms with van der Waals surface area (Å²) < 4.78 is 30.8. The SMILES string of the molecule is Cc1ccc2ccccc2c1C(C)(C)C(/C=C/C=C/C=C/N)=N/CCCCS(=O)(=O)O. The number of allylic oxidation sites excluding steroid dienone is 5. The van der Waals surface area contributed by atoms with Crippen molar-refractivity contribution in [2.24, 2.45) is 10.7 Å². The van der Waals surface area contributed by atoms with Crippen LogP contribution in [-0.2, 0) is 15.5 Å². The van der Waals surface area contributed by atoms with E-state index in [0.29, 0.717) is 19.4 Å². The van der Waals surface area contributed by atoms with E-state index in [4.69, 9.17) is 15.3 Å². The molecule has 0 aromatic heterocycles. The van der Waals surface area contributed by atoms with E-state index in [2.05, 4.69) is 45.0 Å². The quantitative estimate of drug-likeness (QED) is 0.232. The second kappa shape index (κ2) is 11.1. The summed E-state index contributed by atoms with van der Waals surface area (Å²) in [5.41, 5.74) is 8.31. The van der Waals surface area contributed by atoms with Crippen LogP contribution >= 0.6 is 0 Å². The van der Waals surface area contributed by atoms with Crippen LogP contribution in [0, 0.1) is 6.92 Å². The van der Waals surface area contributed by atoms with Gasteiger partial charge in [-0.05, 0) is 60.0 Å². The molecule has 2 rings (SSSR count). The number of aliphatic imine (C=N–C) groups is 1. The summed E-state index contributed by atoms with van der Waals surface area (Å²) >= 11 is 0. The lowest BCUT2D eigenvalue weighted by molar-refractivity contribution is 0.480.